The highest BCUT2D eigenvalue weighted by atomic mass is 16.1. The average Bonchev–Trinajstić information content (AvgIpc) is 2.58. The predicted octanol–water partition coefficient (Wildman–Crippen LogP) is 0.358. The highest BCUT2D eigenvalue weighted by Crippen LogP contribution is 1.98. The minimum absolute atomic E-state index is 0.00231. The lowest BCUT2D eigenvalue weighted by Crippen LogP contribution is -2.30. The van der Waals surface area contributed by atoms with Crippen LogP contribution in [0.2, 0.25) is 0 Å². The van der Waals surface area contributed by atoms with Gasteiger partial charge in [-0.25, -0.2) is 0 Å². The summed E-state index contributed by atoms with van der Waals surface area (Å²) < 4.78 is 1.69. The van der Waals surface area contributed by atoms with Gasteiger partial charge in [-0.1, -0.05) is 6.92 Å². The largest absolute Gasteiger partial charge is 0.360 e. The number of carbonyl (C=O) groups is 1. The van der Waals surface area contributed by atoms with Gasteiger partial charge in [0, 0.05) is 25.9 Å². The molecular formula is C9H16N4O. The van der Waals surface area contributed by atoms with Crippen molar-refractivity contribution in [2.24, 2.45) is 7.05 Å². The summed E-state index contributed by atoms with van der Waals surface area (Å²) in [4.78, 5) is 11.2. The van der Waals surface area contributed by atoms with Gasteiger partial charge in [-0.15, -0.1) is 0 Å². The Balaban J connectivity index is 2.23. The second-order valence-electron chi connectivity index (χ2n) is 3.08. The molecule has 2 N–H and O–H groups in total. The quantitative estimate of drug-likeness (QED) is 0.714. The van der Waals surface area contributed by atoms with E-state index in [9.17, 15) is 4.79 Å². The van der Waals surface area contributed by atoms with Gasteiger partial charge in [0.25, 0.3) is 0 Å². The Kier molecular flexibility index (Phi) is 3.97. The summed E-state index contributed by atoms with van der Waals surface area (Å²) in [6.45, 7) is 3.02. The summed E-state index contributed by atoms with van der Waals surface area (Å²) in [5.74, 6) is 0.719. The minimum atomic E-state index is -0.00231. The van der Waals surface area contributed by atoms with Crippen LogP contribution in [-0.2, 0) is 11.8 Å². The van der Waals surface area contributed by atoms with Crippen LogP contribution in [-0.4, -0.2) is 28.8 Å². The molecule has 1 heterocycles. The van der Waals surface area contributed by atoms with E-state index in [0.29, 0.717) is 0 Å². The molecule has 0 saturated carbocycles. The zero-order valence-corrected chi connectivity index (χ0v) is 8.58. The molecule has 0 aliphatic rings. The number of hydrogen-bond acceptors (Lipinski definition) is 3. The van der Waals surface area contributed by atoms with E-state index in [1.165, 1.54) is 0 Å². The van der Waals surface area contributed by atoms with Gasteiger partial charge in [-0.3, -0.25) is 9.48 Å². The fourth-order valence-electron chi connectivity index (χ4n) is 1.01. The molecule has 0 radical (unpaired) electrons. The summed E-state index contributed by atoms with van der Waals surface area (Å²) in [7, 11) is 1.84. The van der Waals surface area contributed by atoms with Gasteiger partial charge >= 0.3 is 0 Å². The number of amides is 1. The summed E-state index contributed by atoms with van der Waals surface area (Å²) in [6.07, 6.45) is 2.78. The Labute approximate surface area is 83.5 Å². The fourth-order valence-corrected chi connectivity index (χ4v) is 1.01. The van der Waals surface area contributed by atoms with Gasteiger partial charge in [0.05, 0.1) is 6.54 Å². The number of nitrogens with zero attached hydrogens (tertiary/aromatic N) is 2. The van der Waals surface area contributed by atoms with Crippen molar-refractivity contribution in [3.8, 4) is 0 Å². The molecule has 1 amide bonds. The molecule has 0 saturated heterocycles. The van der Waals surface area contributed by atoms with Crippen molar-refractivity contribution in [2.75, 3.05) is 18.4 Å². The Morgan fingerprint density at radius 1 is 1.64 bits per heavy atom. The topological polar surface area (TPSA) is 59.0 Å². The number of rotatable bonds is 5. The normalized spacial score (nSPS) is 9.86. The van der Waals surface area contributed by atoms with Gasteiger partial charge in [-0.2, -0.15) is 5.10 Å². The molecule has 5 heteroatoms. The Bertz CT molecular complexity index is 295. The van der Waals surface area contributed by atoms with E-state index in [0.717, 1.165) is 18.8 Å². The third-order valence-corrected chi connectivity index (χ3v) is 1.72. The number of anilines is 1. The number of aryl methyl sites for hydroxylation is 1. The maximum atomic E-state index is 11.2. The lowest BCUT2D eigenvalue weighted by molar-refractivity contribution is -0.119. The number of carbonyl (C=O) groups excluding carboxylic acids is 1. The zero-order chi connectivity index (χ0) is 10.4. The molecule has 0 bridgehead atoms. The second kappa shape index (κ2) is 5.26. The first kappa shape index (κ1) is 10.6. The molecule has 0 aliphatic heterocycles. The average molecular weight is 196 g/mol. The third kappa shape index (κ3) is 3.47. The van der Waals surface area contributed by atoms with Crippen LogP contribution in [0.4, 0.5) is 5.82 Å². The maximum Gasteiger partial charge on any atom is 0.239 e. The first-order valence-corrected chi connectivity index (χ1v) is 4.72. The van der Waals surface area contributed by atoms with Crippen molar-refractivity contribution in [3.05, 3.63) is 12.3 Å². The molecule has 0 aromatic carbocycles. The van der Waals surface area contributed by atoms with Crippen molar-refractivity contribution in [1.82, 2.24) is 15.1 Å². The Morgan fingerprint density at radius 2 is 2.43 bits per heavy atom. The smallest absolute Gasteiger partial charge is 0.239 e. The van der Waals surface area contributed by atoms with Gasteiger partial charge in [0.1, 0.15) is 5.82 Å². The summed E-state index contributed by atoms with van der Waals surface area (Å²) >= 11 is 0. The molecule has 0 spiro atoms. The van der Waals surface area contributed by atoms with Crippen LogP contribution in [0, 0.1) is 0 Å². The Hall–Kier alpha value is -1.52. The van der Waals surface area contributed by atoms with Crippen molar-refractivity contribution in [3.63, 3.8) is 0 Å². The number of hydrogen-bond donors (Lipinski definition) is 2. The van der Waals surface area contributed by atoms with Crippen LogP contribution in [0.15, 0.2) is 12.3 Å². The molecule has 14 heavy (non-hydrogen) atoms. The van der Waals surface area contributed by atoms with Gasteiger partial charge in [-0.05, 0) is 6.42 Å². The van der Waals surface area contributed by atoms with Crippen molar-refractivity contribution < 1.29 is 4.79 Å². The SMILES string of the molecule is CCCNC(=O)CNc1ccn(C)n1. The molecule has 1 aromatic heterocycles. The molecule has 0 unspecified atom stereocenters. The van der Waals surface area contributed by atoms with Crippen LogP contribution in [0.3, 0.4) is 0 Å². The van der Waals surface area contributed by atoms with E-state index < -0.39 is 0 Å². The summed E-state index contributed by atoms with van der Waals surface area (Å²) in [5.41, 5.74) is 0. The number of nitrogens with one attached hydrogen (secondary N) is 2. The van der Waals surface area contributed by atoms with Crippen LogP contribution < -0.4 is 10.6 Å². The molecule has 0 aliphatic carbocycles. The van der Waals surface area contributed by atoms with Crippen LogP contribution >= 0.6 is 0 Å². The zero-order valence-electron chi connectivity index (χ0n) is 8.58. The highest BCUT2D eigenvalue weighted by Gasteiger charge is 2.00. The van der Waals surface area contributed by atoms with Crippen molar-refractivity contribution in [2.45, 2.75) is 13.3 Å². The molecule has 0 fully saturated rings. The van der Waals surface area contributed by atoms with Crippen LogP contribution in [0.5, 0.6) is 0 Å². The van der Waals surface area contributed by atoms with Gasteiger partial charge < -0.3 is 10.6 Å². The summed E-state index contributed by atoms with van der Waals surface area (Å²) in [5, 5.41) is 9.79. The molecule has 5 nitrogen and oxygen atoms in total. The van der Waals surface area contributed by atoms with Gasteiger partial charge in [0.2, 0.25) is 5.91 Å². The third-order valence-electron chi connectivity index (χ3n) is 1.72. The van der Waals surface area contributed by atoms with Crippen LogP contribution in [0.25, 0.3) is 0 Å². The first-order valence-electron chi connectivity index (χ1n) is 4.72. The monoisotopic (exact) mass is 196 g/mol. The van der Waals surface area contributed by atoms with E-state index in [1.807, 2.05) is 26.2 Å². The second-order valence-corrected chi connectivity index (χ2v) is 3.08. The molecule has 1 rings (SSSR count). The predicted molar refractivity (Wildman–Crippen MR) is 55.0 cm³/mol. The van der Waals surface area contributed by atoms with E-state index in [4.69, 9.17) is 0 Å². The molecule has 1 aromatic rings. The fraction of sp³-hybridized carbons (Fsp3) is 0.556. The maximum absolute atomic E-state index is 11.2. The van der Waals surface area contributed by atoms with Crippen LogP contribution in [0.1, 0.15) is 13.3 Å². The van der Waals surface area contributed by atoms with Crippen molar-refractivity contribution >= 4 is 11.7 Å². The van der Waals surface area contributed by atoms with E-state index >= 15 is 0 Å². The lowest BCUT2D eigenvalue weighted by atomic mass is 10.4. The standard InChI is InChI=1S/C9H16N4O/c1-3-5-10-9(14)7-11-8-4-6-13(2)12-8/h4,6H,3,5,7H2,1-2H3,(H,10,14)(H,11,12). The molecular weight excluding hydrogens is 180 g/mol. The molecule has 78 valence electrons. The summed E-state index contributed by atoms with van der Waals surface area (Å²) in [6, 6.07) is 1.83. The minimum Gasteiger partial charge on any atom is -0.360 e. The lowest BCUT2D eigenvalue weighted by Gasteiger charge is -2.03. The molecule has 0 atom stereocenters. The van der Waals surface area contributed by atoms with E-state index in [2.05, 4.69) is 15.7 Å². The van der Waals surface area contributed by atoms with E-state index in [1.54, 1.807) is 4.68 Å². The van der Waals surface area contributed by atoms with Crippen molar-refractivity contribution in [1.29, 1.82) is 0 Å². The van der Waals surface area contributed by atoms with Gasteiger partial charge in [0.15, 0.2) is 0 Å². The highest BCUT2D eigenvalue weighted by molar-refractivity contribution is 5.80. The first-order chi connectivity index (χ1) is 6.72. The van der Waals surface area contributed by atoms with E-state index in [-0.39, 0.29) is 12.5 Å². The Morgan fingerprint density at radius 3 is 3.00 bits per heavy atom. The number of aromatic nitrogens is 2.